The second kappa shape index (κ2) is 13.8. The van der Waals surface area contributed by atoms with E-state index < -0.39 is 37.1 Å². The van der Waals surface area contributed by atoms with Crippen molar-refractivity contribution in [2.75, 3.05) is 44.6 Å². The molecule has 12 nitrogen and oxygen atoms in total. The van der Waals surface area contributed by atoms with Gasteiger partial charge in [0.2, 0.25) is 5.82 Å². The second-order valence-corrected chi connectivity index (χ2v) is 11.4. The summed E-state index contributed by atoms with van der Waals surface area (Å²) >= 11 is 0. The number of ether oxygens (including phenoxy) is 1. The Balaban J connectivity index is 1.29. The summed E-state index contributed by atoms with van der Waals surface area (Å²) in [6.07, 6.45) is -0.0701. The number of hydrogen-bond donors (Lipinski definition) is 5. The Kier molecular flexibility index (Phi) is 9.43. The predicted molar refractivity (Wildman–Crippen MR) is 164 cm³/mol. The van der Waals surface area contributed by atoms with Crippen molar-refractivity contribution in [2.24, 2.45) is 0 Å². The molecule has 0 saturated carbocycles. The van der Waals surface area contributed by atoms with Crippen molar-refractivity contribution in [3.05, 3.63) is 83.9 Å². The average Bonchev–Trinajstić information content (AvgIpc) is 3.66. The molecule has 0 unspecified atom stereocenters. The Morgan fingerprint density at radius 1 is 1.00 bits per heavy atom. The van der Waals surface area contributed by atoms with E-state index in [-0.39, 0.29) is 18.3 Å². The van der Waals surface area contributed by atoms with Crippen LogP contribution in [0.15, 0.2) is 67.0 Å². The molecule has 2 aliphatic heterocycles. The zero-order valence-corrected chi connectivity index (χ0v) is 24.5. The van der Waals surface area contributed by atoms with Gasteiger partial charge in [-0.25, -0.2) is 15.0 Å². The molecule has 4 aromatic rings. The summed E-state index contributed by atoms with van der Waals surface area (Å²) in [5.41, 5.74) is 3.14. The Hall–Kier alpha value is -3.94. The number of amides is 1. The fourth-order valence-corrected chi connectivity index (χ4v) is 6.10. The van der Waals surface area contributed by atoms with Crippen LogP contribution >= 0.6 is 0 Å². The van der Waals surface area contributed by atoms with Crippen LogP contribution < -0.4 is 5.32 Å². The molecule has 232 valence electrons. The number of fused-ring (bicyclic) bond motifs is 1. The molecular weight excluding hydrogens is 562 g/mol. The number of aliphatic hydroxyl groups excluding tert-OH is 3. The molecule has 2 saturated heterocycles. The first-order chi connectivity index (χ1) is 21.5. The van der Waals surface area contributed by atoms with Crippen LogP contribution in [-0.4, -0.2) is 115 Å². The molecule has 0 bridgehead atoms. The maximum Gasteiger partial charge on any atom is 0.293 e. The van der Waals surface area contributed by atoms with Gasteiger partial charge in [-0.05, 0) is 37.1 Å². The van der Waals surface area contributed by atoms with Crippen LogP contribution in [0.5, 0.6) is 0 Å². The molecule has 2 aromatic carbocycles. The third kappa shape index (κ3) is 6.44. The predicted octanol–water partition coefficient (Wildman–Crippen LogP) is 1.96. The first-order valence-corrected chi connectivity index (χ1v) is 15.2. The van der Waals surface area contributed by atoms with Gasteiger partial charge in [-0.1, -0.05) is 67.1 Å². The van der Waals surface area contributed by atoms with Crippen LogP contribution in [0.25, 0.3) is 11.2 Å². The number of carbonyl (C=O) groups is 1. The van der Waals surface area contributed by atoms with Gasteiger partial charge in [-0.15, -0.1) is 0 Å². The van der Waals surface area contributed by atoms with E-state index in [1.54, 1.807) is 0 Å². The molecule has 2 aliphatic rings. The number of hydrogen-bond acceptors (Lipinski definition) is 10. The summed E-state index contributed by atoms with van der Waals surface area (Å²) < 4.78 is 5.80. The van der Waals surface area contributed by atoms with E-state index in [2.05, 4.69) is 54.4 Å². The lowest BCUT2D eigenvalue weighted by Gasteiger charge is -2.33. The monoisotopic (exact) mass is 601 g/mol. The van der Waals surface area contributed by atoms with Crippen LogP contribution in [0.3, 0.4) is 0 Å². The minimum Gasteiger partial charge on any atom is -0.394 e. The van der Waals surface area contributed by atoms with E-state index in [1.807, 2.05) is 36.4 Å². The zero-order chi connectivity index (χ0) is 30.5. The van der Waals surface area contributed by atoms with Crippen molar-refractivity contribution in [2.45, 2.75) is 49.7 Å². The first kappa shape index (κ1) is 30.1. The number of benzene rings is 2. The molecule has 0 spiro atoms. The smallest absolute Gasteiger partial charge is 0.293 e. The maximum absolute atomic E-state index is 14.1. The number of nitrogens with one attached hydrogen (secondary N) is 2. The SMILES string of the molecule is O=C(c1nc(NCC(c2ccccc2)c2ccccc2)c2[nH]cnc2n1)N(CCN1CCCCC1)[C@@H]1O[C@H](CO)[C@@H](O)[C@H]1O. The molecule has 2 fully saturated rings. The van der Waals surface area contributed by atoms with Crippen molar-refractivity contribution >= 4 is 22.9 Å². The Morgan fingerprint density at radius 3 is 2.32 bits per heavy atom. The van der Waals surface area contributed by atoms with Gasteiger partial charge in [0.15, 0.2) is 17.7 Å². The number of likely N-dealkylation sites (tertiary alicyclic amines) is 1. The van der Waals surface area contributed by atoms with Crippen molar-refractivity contribution < 1.29 is 24.9 Å². The van der Waals surface area contributed by atoms with Gasteiger partial charge in [-0.2, -0.15) is 0 Å². The van der Waals surface area contributed by atoms with Crippen molar-refractivity contribution in [3.8, 4) is 0 Å². The molecule has 2 aromatic heterocycles. The van der Waals surface area contributed by atoms with E-state index in [9.17, 15) is 20.1 Å². The number of aliphatic hydroxyl groups is 3. The Morgan fingerprint density at radius 2 is 1.68 bits per heavy atom. The molecule has 5 N–H and O–H groups in total. The molecule has 0 radical (unpaired) electrons. The number of piperidine rings is 1. The van der Waals surface area contributed by atoms with Crippen LogP contribution in [0, 0.1) is 0 Å². The standard InChI is InChI=1S/C32H39N7O5/c40-19-24-26(41)27(42)32(44-24)39(17-16-38-14-8-3-9-15-38)31(43)30-36-28(25-29(37-30)35-20-34-25)33-18-23(21-10-4-1-5-11-21)22-12-6-2-7-13-22/h1-2,4-7,10-13,20,23-24,26-27,32,40-42H,3,8-9,14-19H2,(H2,33,34,35,36,37)/t24-,26-,27-,32-/m1/s1. The van der Waals surface area contributed by atoms with E-state index in [0.29, 0.717) is 30.1 Å². The highest BCUT2D eigenvalue weighted by atomic mass is 16.6. The fraction of sp³-hybridized carbons (Fsp3) is 0.438. The highest BCUT2D eigenvalue weighted by Gasteiger charge is 2.47. The van der Waals surface area contributed by atoms with Crippen LogP contribution in [0.1, 0.15) is 46.9 Å². The van der Waals surface area contributed by atoms with Crippen LogP contribution in [0.2, 0.25) is 0 Å². The summed E-state index contributed by atoms with van der Waals surface area (Å²) in [5, 5.41) is 34.5. The number of nitrogens with zero attached hydrogens (tertiary/aromatic N) is 5. The molecule has 4 heterocycles. The molecule has 4 atom stereocenters. The zero-order valence-electron chi connectivity index (χ0n) is 24.5. The van der Waals surface area contributed by atoms with Crippen molar-refractivity contribution in [1.29, 1.82) is 0 Å². The van der Waals surface area contributed by atoms with Gasteiger partial charge < -0.3 is 40.2 Å². The fourth-order valence-electron chi connectivity index (χ4n) is 6.10. The second-order valence-electron chi connectivity index (χ2n) is 11.4. The van der Waals surface area contributed by atoms with Gasteiger partial charge in [0, 0.05) is 25.6 Å². The summed E-state index contributed by atoms with van der Waals surface area (Å²) in [4.78, 5) is 34.3. The average molecular weight is 602 g/mol. The van der Waals surface area contributed by atoms with Gasteiger partial charge >= 0.3 is 0 Å². The minimum absolute atomic E-state index is 0.00414. The molecular formula is C32H39N7O5. The van der Waals surface area contributed by atoms with Crippen LogP contribution in [0.4, 0.5) is 5.82 Å². The maximum atomic E-state index is 14.1. The quantitative estimate of drug-likeness (QED) is 0.172. The lowest BCUT2D eigenvalue weighted by Crippen LogP contribution is -2.50. The Bertz CT molecular complexity index is 1480. The minimum atomic E-state index is -1.40. The molecule has 6 rings (SSSR count). The number of rotatable bonds is 11. The first-order valence-electron chi connectivity index (χ1n) is 15.2. The van der Waals surface area contributed by atoms with E-state index in [1.165, 1.54) is 17.6 Å². The van der Waals surface area contributed by atoms with E-state index in [4.69, 9.17) is 4.74 Å². The van der Waals surface area contributed by atoms with Gasteiger partial charge in [-0.3, -0.25) is 4.79 Å². The van der Waals surface area contributed by atoms with Gasteiger partial charge in [0.25, 0.3) is 5.91 Å². The van der Waals surface area contributed by atoms with Crippen LogP contribution in [-0.2, 0) is 4.74 Å². The summed E-state index contributed by atoms with van der Waals surface area (Å²) in [7, 11) is 0. The number of anilines is 1. The molecule has 1 amide bonds. The largest absolute Gasteiger partial charge is 0.394 e. The summed E-state index contributed by atoms with van der Waals surface area (Å²) in [6.45, 7) is 2.62. The third-order valence-corrected chi connectivity index (χ3v) is 8.55. The van der Waals surface area contributed by atoms with Gasteiger partial charge in [0.1, 0.15) is 23.8 Å². The molecule has 44 heavy (non-hydrogen) atoms. The lowest BCUT2D eigenvalue weighted by molar-refractivity contribution is -0.0851. The number of carbonyl (C=O) groups excluding carboxylic acids is 1. The number of H-pyrrole nitrogens is 1. The highest BCUT2D eigenvalue weighted by molar-refractivity contribution is 5.94. The topological polar surface area (TPSA) is 160 Å². The third-order valence-electron chi connectivity index (χ3n) is 8.55. The molecule has 12 heteroatoms. The van der Waals surface area contributed by atoms with Crippen molar-refractivity contribution in [1.82, 2.24) is 29.7 Å². The summed E-state index contributed by atoms with van der Waals surface area (Å²) in [5.74, 6) is -0.249. The van der Waals surface area contributed by atoms with E-state index >= 15 is 0 Å². The van der Waals surface area contributed by atoms with Crippen molar-refractivity contribution in [3.63, 3.8) is 0 Å². The highest BCUT2D eigenvalue weighted by Crippen LogP contribution is 2.28. The van der Waals surface area contributed by atoms with Gasteiger partial charge in [0.05, 0.1) is 12.9 Å². The summed E-state index contributed by atoms with van der Waals surface area (Å²) in [6, 6.07) is 20.3. The molecule has 0 aliphatic carbocycles. The van der Waals surface area contributed by atoms with E-state index in [0.717, 1.165) is 37.1 Å². The Labute approximate surface area is 255 Å². The number of imidazole rings is 1. The lowest BCUT2D eigenvalue weighted by atomic mass is 9.91. The normalized spacial score (nSPS) is 22.5. The number of aromatic amines is 1. The number of aromatic nitrogens is 4.